The number of methoxy groups -OCH3 is 1. The van der Waals surface area contributed by atoms with E-state index in [1.807, 2.05) is 31.4 Å². The van der Waals surface area contributed by atoms with Crippen molar-refractivity contribution in [3.63, 3.8) is 0 Å². The van der Waals surface area contributed by atoms with E-state index in [1.165, 1.54) is 11.3 Å². The highest BCUT2D eigenvalue weighted by atomic mass is 16.5. The summed E-state index contributed by atoms with van der Waals surface area (Å²) in [5.41, 5.74) is 5.35. The molecular weight excluding hydrogens is 464 g/mol. The number of aromatic nitrogens is 3. The van der Waals surface area contributed by atoms with Gasteiger partial charge in [-0.2, -0.15) is 4.98 Å². The number of pyridine rings is 1. The Morgan fingerprint density at radius 2 is 1.89 bits per heavy atom. The van der Waals surface area contributed by atoms with Crippen molar-refractivity contribution >= 4 is 29.0 Å². The second-order valence-electron chi connectivity index (χ2n) is 10.4. The van der Waals surface area contributed by atoms with E-state index in [-0.39, 0.29) is 5.41 Å². The zero-order chi connectivity index (χ0) is 26.0. The molecule has 0 bridgehead atoms. The highest BCUT2D eigenvalue weighted by Crippen LogP contribution is 2.43. The number of likely N-dealkylation sites (N-methyl/N-ethyl adjacent to an activating group) is 1. The Hall–Kier alpha value is -3.27. The number of piperazine rings is 1. The van der Waals surface area contributed by atoms with Gasteiger partial charge in [0.1, 0.15) is 11.6 Å². The Kier molecular flexibility index (Phi) is 7.28. The van der Waals surface area contributed by atoms with Crippen LogP contribution >= 0.6 is 0 Å². The first-order valence-corrected chi connectivity index (χ1v) is 13.0. The molecule has 2 aromatic heterocycles. The van der Waals surface area contributed by atoms with Gasteiger partial charge in [0.2, 0.25) is 5.95 Å². The van der Waals surface area contributed by atoms with Crippen molar-refractivity contribution in [3.05, 3.63) is 59.4 Å². The topological polar surface area (TPSA) is 81.7 Å². The van der Waals surface area contributed by atoms with Crippen LogP contribution in [0.2, 0.25) is 0 Å². The van der Waals surface area contributed by atoms with Gasteiger partial charge in [-0.3, -0.25) is 0 Å². The molecule has 9 heteroatoms. The van der Waals surface area contributed by atoms with Crippen LogP contribution in [-0.2, 0) is 16.7 Å². The lowest BCUT2D eigenvalue weighted by atomic mass is 9.87. The van der Waals surface area contributed by atoms with Crippen molar-refractivity contribution < 1.29 is 4.74 Å². The van der Waals surface area contributed by atoms with Gasteiger partial charge < -0.3 is 30.1 Å². The SMILES string of the molecule is CNCc1cccc(N2CC(C)(COC)c3cnc(Nc4ccc(N5CCN(C)CC5)c(C)c4)nc32)n1. The first kappa shape index (κ1) is 25.4. The van der Waals surface area contributed by atoms with Crippen molar-refractivity contribution in [3.8, 4) is 0 Å². The molecule has 2 aliphatic heterocycles. The molecule has 196 valence electrons. The number of hydrogen-bond acceptors (Lipinski definition) is 9. The predicted molar refractivity (Wildman–Crippen MR) is 149 cm³/mol. The van der Waals surface area contributed by atoms with Gasteiger partial charge in [-0.1, -0.05) is 13.0 Å². The van der Waals surface area contributed by atoms with E-state index in [2.05, 4.69) is 64.4 Å². The van der Waals surface area contributed by atoms with Crippen LogP contribution in [0.15, 0.2) is 42.6 Å². The number of rotatable bonds is 8. The molecule has 0 radical (unpaired) electrons. The minimum absolute atomic E-state index is 0.232. The van der Waals surface area contributed by atoms with E-state index >= 15 is 0 Å². The van der Waals surface area contributed by atoms with Crippen molar-refractivity contribution in [1.82, 2.24) is 25.2 Å². The number of nitrogens with zero attached hydrogens (tertiary/aromatic N) is 6. The summed E-state index contributed by atoms with van der Waals surface area (Å²) in [6, 6.07) is 12.6. The molecule has 2 aliphatic rings. The van der Waals surface area contributed by atoms with E-state index in [1.54, 1.807) is 7.11 Å². The van der Waals surface area contributed by atoms with Gasteiger partial charge in [0, 0.05) is 74.9 Å². The molecule has 0 saturated carbocycles. The number of ether oxygens (including phenoxy) is 1. The lowest BCUT2D eigenvalue weighted by molar-refractivity contribution is 0.145. The molecule has 5 rings (SSSR count). The molecule has 1 aromatic carbocycles. The zero-order valence-electron chi connectivity index (χ0n) is 22.6. The van der Waals surface area contributed by atoms with Gasteiger partial charge in [-0.05, 0) is 56.9 Å². The minimum atomic E-state index is -0.232. The summed E-state index contributed by atoms with van der Waals surface area (Å²) in [4.78, 5) is 21.6. The van der Waals surface area contributed by atoms with Gasteiger partial charge in [0.15, 0.2) is 0 Å². The number of fused-ring (bicyclic) bond motifs is 1. The monoisotopic (exact) mass is 502 g/mol. The molecule has 4 heterocycles. The molecular formula is C28H38N8O. The Morgan fingerprint density at radius 1 is 1.08 bits per heavy atom. The summed E-state index contributed by atoms with van der Waals surface area (Å²) in [5, 5.41) is 6.62. The molecule has 37 heavy (non-hydrogen) atoms. The normalized spacial score (nSPS) is 19.8. The van der Waals surface area contributed by atoms with Crippen LogP contribution < -0.4 is 20.4 Å². The van der Waals surface area contributed by atoms with Crippen LogP contribution in [0.5, 0.6) is 0 Å². The van der Waals surface area contributed by atoms with Crippen molar-refractivity contribution in [2.45, 2.75) is 25.8 Å². The van der Waals surface area contributed by atoms with Crippen molar-refractivity contribution in [2.24, 2.45) is 0 Å². The van der Waals surface area contributed by atoms with E-state index in [4.69, 9.17) is 19.7 Å². The third-order valence-corrected chi connectivity index (χ3v) is 7.37. The van der Waals surface area contributed by atoms with E-state index < -0.39 is 0 Å². The average Bonchev–Trinajstić information content (AvgIpc) is 3.17. The second-order valence-corrected chi connectivity index (χ2v) is 10.4. The van der Waals surface area contributed by atoms with E-state index in [0.29, 0.717) is 19.1 Å². The van der Waals surface area contributed by atoms with Gasteiger partial charge in [0.05, 0.1) is 12.3 Å². The summed E-state index contributed by atoms with van der Waals surface area (Å²) in [6.45, 7) is 10.7. The second kappa shape index (κ2) is 10.6. The maximum absolute atomic E-state index is 5.60. The fourth-order valence-electron chi connectivity index (χ4n) is 5.37. The fourth-order valence-corrected chi connectivity index (χ4v) is 5.37. The van der Waals surface area contributed by atoms with Crippen LogP contribution in [0, 0.1) is 6.92 Å². The molecule has 0 aliphatic carbocycles. The molecule has 9 nitrogen and oxygen atoms in total. The third-order valence-electron chi connectivity index (χ3n) is 7.37. The highest BCUT2D eigenvalue weighted by molar-refractivity contribution is 5.70. The molecule has 1 atom stereocenters. The van der Waals surface area contributed by atoms with Crippen LogP contribution in [0.4, 0.5) is 29.0 Å². The van der Waals surface area contributed by atoms with Crippen LogP contribution in [-0.4, -0.2) is 80.4 Å². The summed E-state index contributed by atoms with van der Waals surface area (Å²) in [5.74, 6) is 2.33. The number of aryl methyl sites for hydroxylation is 1. The molecule has 2 N–H and O–H groups in total. The van der Waals surface area contributed by atoms with E-state index in [0.717, 1.165) is 61.3 Å². The minimum Gasteiger partial charge on any atom is -0.384 e. The van der Waals surface area contributed by atoms with Gasteiger partial charge in [-0.25, -0.2) is 9.97 Å². The molecule has 1 unspecified atom stereocenters. The molecule has 0 spiro atoms. The molecule has 1 fully saturated rings. The Balaban J connectivity index is 1.42. The first-order chi connectivity index (χ1) is 17.9. The Labute approximate surface area is 219 Å². The van der Waals surface area contributed by atoms with Crippen LogP contribution in [0.1, 0.15) is 23.7 Å². The summed E-state index contributed by atoms with van der Waals surface area (Å²) in [7, 11) is 5.85. The van der Waals surface area contributed by atoms with Gasteiger partial charge >= 0.3 is 0 Å². The molecule has 0 amide bonds. The quantitative estimate of drug-likeness (QED) is 0.481. The third kappa shape index (κ3) is 5.25. The fraction of sp³-hybridized carbons (Fsp3) is 0.464. The lowest BCUT2D eigenvalue weighted by Gasteiger charge is -2.35. The Morgan fingerprint density at radius 3 is 2.62 bits per heavy atom. The molecule has 3 aromatic rings. The van der Waals surface area contributed by atoms with Crippen molar-refractivity contribution in [2.75, 3.05) is 75.7 Å². The van der Waals surface area contributed by atoms with Crippen molar-refractivity contribution in [1.29, 1.82) is 0 Å². The number of hydrogen-bond donors (Lipinski definition) is 2. The van der Waals surface area contributed by atoms with Gasteiger partial charge in [-0.15, -0.1) is 0 Å². The summed E-state index contributed by atoms with van der Waals surface area (Å²) < 4.78 is 5.60. The molecule has 1 saturated heterocycles. The number of benzene rings is 1. The number of anilines is 5. The first-order valence-electron chi connectivity index (χ1n) is 13.0. The van der Waals surface area contributed by atoms with Gasteiger partial charge in [0.25, 0.3) is 0 Å². The summed E-state index contributed by atoms with van der Waals surface area (Å²) >= 11 is 0. The maximum atomic E-state index is 5.60. The maximum Gasteiger partial charge on any atom is 0.229 e. The van der Waals surface area contributed by atoms with E-state index in [9.17, 15) is 0 Å². The van der Waals surface area contributed by atoms with Crippen LogP contribution in [0.25, 0.3) is 0 Å². The summed E-state index contributed by atoms with van der Waals surface area (Å²) in [6.07, 6.45) is 1.94. The zero-order valence-corrected chi connectivity index (χ0v) is 22.6. The smallest absolute Gasteiger partial charge is 0.229 e. The highest BCUT2D eigenvalue weighted by Gasteiger charge is 2.42. The van der Waals surface area contributed by atoms with Crippen LogP contribution in [0.3, 0.4) is 0 Å². The lowest BCUT2D eigenvalue weighted by Crippen LogP contribution is -2.44. The Bertz CT molecular complexity index is 1240. The predicted octanol–water partition coefficient (Wildman–Crippen LogP) is 3.45. The average molecular weight is 503 g/mol. The standard InChI is InChI=1S/C28H38N8O/c1-20-15-21(9-10-24(20)35-13-11-34(4)12-14-35)32-27-30-17-23-26(33-27)36(18-28(23,2)19-37-5)25-8-6-7-22(31-25)16-29-3/h6-10,15,17,29H,11-14,16,18-19H2,1-5H3,(H,30,32,33). The largest absolute Gasteiger partial charge is 0.384 e. The number of nitrogens with one attached hydrogen (secondary N) is 2.